The number of amides is 1. The monoisotopic (exact) mass is 461 g/mol. The van der Waals surface area contributed by atoms with Gasteiger partial charge in [0.25, 0.3) is 0 Å². The van der Waals surface area contributed by atoms with Crippen molar-refractivity contribution >= 4 is 46.9 Å². The first-order chi connectivity index (χ1) is 13.9. The minimum absolute atomic E-state index is 0.0285. The van der Waals surface area contributed by atoms with Gasteiger partial charge in [-0.15, -0.1) is 0 Å². The summed E-state index contributed by atoms with van der Waals surface area (Å²) in [5.74, 6) is 0.262. The van der Waals surface area contributed by atoms with E-state index in [9.17, 15) is 9.59 Å². The molecule has 1 aliphatic heterocycles. The third kappa shape index (κ3) is 5.50. The van der Waals surface area contributed by atoms with Crippen molar-refractivity contribution in [1.29, 1.82) is 0 Å². The number of ether oxygens (including phenoxy) is 2. The molecule has 1 saturated carbocycles. The Morgan fingerprint density at radius 1 is 1.03 bits per heavy atom. The van der Waals surface area contributed by atoms with Gasteiger partial charge in [0.1, 0.15) is 0 Å². The van der Waals surface area contributed by atoms with E-state index in [1.807, 2.05) is 0 Å². The van der Waals surface area contributed by atoms with Gasteiger partial charge in [-0.1, -0.05) is 54.1 Å². The third-order valence-electron chi connectivity index (χ3n) is 5.79. The topological polar surface area (TPSA) is 55.8 Å². The Hall–Kier alpha value is -1.17. The Bertz CT molecular complexity index is 728. The van der Waals surface area contributed by atoms with E-state index in [4.69, 9.17) is 44.3 Å². The molecule has 1 aromatic rings. The van der Waals surface area contributed by atoms with Crippen molar-refractivity contribution < 1.29 is 19.1 Å². The maximum absolute atomic E-state index is 13.4. The Morgan fingerprint density at radius 3 is 2.31 bits per heavy atom. The molecule has 2 aliphatic rings. The van der Waals surface area contributed by atoms with Crippen molar-refractivity contribution in [3.05, 3.63) is 32.8 Å². The largest absolute Gasteiger partial charge is 0.510 e. The number of halogens is 3. The lowest BCUT2D eigenvalue weighted by Gasteiger charge is -2.36. The maximum Gasteiger partial charge on any atom is 0.510 e. The van der Waals surface area contributed by atoms with Crippen LogP contribution in [-0.2, 0) is 20.7 Å². The standard InChI is InChI=1S/C21H26Cl3NO4/c1-2-28-21(27)29-20-9-8-18(13-6-4-3-5-7-13)25(20)19(26)12-15-16(23)10-14(22)11-17(15)24/h10-11,13,18,20H,2-9,12H2,1H3. The zero-order valence-corrected chi connectivity index (χ0v) is 18.7. The Kier molecular flexibility index (Phi) is 7.94. The molecule has 0 bridgehead atoms. The van der Waals surface area contributed by atoms with Crippen LogP contribution in [0.25, 0.3) is 0 Å². The number of nitrogens with zero attached hydrogens (tertiary/aromatic N) is 1. The summed E-state index contributed by atoms with van der Waals surface area (Å²) in [6, 6.07) is 3.20. The van der Waals surface area contributed by atoms with Crippen LogP contribution in [-0.4, -0.2) is 35.8 Å². The van der Waals surface area contributed by atoms with Gasteiger partial charge in [0.2, 0.25) is 5.91 Å². The fourth-order valence-electron chi connectivity index (χ4n) is 4.49. The molecule has 5 nitrogen and oxygen atoms in total. The molecule has 160 valence electrons. The fourth-order valence-corrected chi connectivity index (χ4v) is 5.45. The summed E-state index contributed by atoms with van der Waals surface area (Å²) in [6.45, 7) is 1.94. The van der Waals surface area contributed by atoms with Crippen LogP contribution in [0.5, 0.6) is 0 Å². The van der Waals surface area contributed by atoms with Gasteiger partial charge in [0.05, 0.1) is 13.0 Å². The molecule has 1 aromatic carbocycles. The van der Waals surface area contributed by atoms with Crippen molar-refractivity contribution in [2.75, 3.05) is 6.61 Å². The molecule has 0 spiro atoms. The van der Waals surface area contributed by atoms with E-state index in [2.05, 4.69) is 0 Å². The van der Waals surface area contributed by atoms with E-state index < -0.39 is 12.4 Å². The predicted octanol–water partition coefficient (Wildman–Crippen LogP) is 6.26. The number of benzene rings is 1. The highest BCUT2D eigenvalue weighted by Crippen LogP contribution is 2.38. The normalized spacial score (nSPS) is 22.6. The lowest BCUT2D eigenvalue weighted by atomic mass is 9.83. The molecule has 2 atom stereocenters. The van der Waals surface area contributed by atoms with Gasteiger partial charge in [-0.25, -0.2) is 4.79 Å². The summed E-state index contributed by atoms with van der Waals surface area (Å²) in [4.78, 5) is 27.0. The molecule has 8 heteroatoms. The Labute approximate surface area is 186 Å². The lowest BCUT2D eigenvalue weighted by Crippen LogP contribution is -2.47. The van der Waals surface area contributed by atoms with Crippen molar-refractivity contribution in [1.82, 2.24) is 4.90 Å². The highest BCUT2D eigenvalue weighted by molar-refractivity contribution is 6.39. The second kappa shape index (κ2) is 10.2. The molecule has 3 rings (SSSR count). The van der Waals surface area contributed by atoms with Crippen LogP contribution in [0.1, 0.15) is 57.4 Å². The number of hydrogen-bond acceptors (Lipinski definition) is 4. The van der Waals surface area contributed by atoms with Gasteiger partial charge < -0.3 is 14.4 Å². The molecular weight excluding hydrogens is 437 g/mol. The summed E-state index contributed by atoms with van der Waals surface area (Å²) in [5.41, 5.74) is 0.534. The lowest BCUT2D eigenvalue weighted by molar-refractivity contribution is -0.143. The summed E-state index contributed by atoms with van der Waals surface area (Å²) in [6.07, 6.45) is 5.81. The molecule has 2 fully saturated rings. The van der Waals surface area contributed by atoms with E-state index in [1.54, 1.807) is 24.0 Å². The minimum atomic E-state index is -0.748. The van der Waals surface area contributed by atoms with Crippen molar-refractivity contribution in [2.24, 2.45) is 5.92 Å². The average Bonchev–Trinajstić information content (AvgIpc) is 3.09. The molecule has 0 radical (unpaired) electrons. The molecular formula is C21H26Cl3NO4. The van der Waals surface area contributed by atoms with Gasteiger partial charge in [-0.2, -0.15) is 0 Å². The second-order valence-corrected chi connectivity index (χ2v) is 8.87. The Balaban J connectivity index is 1.82. The van der Waals surface area contributed by atoms with Crippen molar-refractivity contribution in [3.8, 4) is 0 Å². The molecule has 0 N–H and O–H groups in total. The Morgan fingerprint density at radius 2 is 1.69 bits per heavy atom. The fraction of sp³-hybridized carbons (Fsp3) is 0.619. The predicted molar refractivity (Wildman–Crippen MR) is 114 cm³/mol. The molecule has 2 unspecified atom stereocenters. The number of rotatable bonds is 5. The van der Waals surface area contributed by atoms with Gasteiger partial charge in [0.15, 0.2) is 6.23 Å². The van der Waals surface area contributed by atoms with Gasteiger partial charge in [0, 0.05) is 27.5 Å². The molecule has 1 amide bonds. The van der Waals surface area contributed by atoms with Gasteiger partial charge in [-0.05, 0) is 49.8 Å². The quantitative estimate of drug-likeness (QED) is 0.485. The highest BCUT2D eigenvalue weighted by atomic mass is 35.5. The van der Waals surface area contributed by atoms with Crippen LogP contribution in [0.4, 0.5) is 4.79 Å². The van der Waals surface area contributed by atoms with E-state index in [1.165, 1.54) is 19.3 Å². The first-order valence-corrected chi connectivity index (χ1v) is 11.3. The number of carbonyl (C=O) groups excluding carboxylic acids is 2. The first kappa shape index (κ1) is 22.5. The summed E-state index contributed by atoms with van der Waals surface area (Å²) < 4.78 is 10.4. The van der Waals surface area contributed by atoms with Crippen LogP contribution in [0.2, 0.25) is 15.1 Å². The first-order valence-electron chi connectivity index (χ1n) is 10.2. The van der Waals surface area contributed by atoms with Gasteiger partial charge in [-0.3, -0.25) is 4.79 Å². The van der Waals surface area contributed by atoms with E-state index in [-0.39, 0.29) is 25.0 Å². The van der Waals surface area contributed by atoms with Crippen LogP contribution < -0.4 is 0 Å². The second-order valence-electron chi connectivity index (χ2n) is 7.62. The maximum atomic E-state index is 13.4. The number of carbonyl (C=O) groups is 2. The van der Waals surface area contributed by atoms with Crippen LogP contribution in [0.15, 0.2) is 12.1 Å². The molecule has 0 aromatic heterocycles. The third-order valence-corrected chi connectivity index (χ3v) is 6.68. The smallest absolute Gasteiger partial charge is 0.435 e. The van der Waals surface area contributed by atoms with Crippen molar-refractivity contribution in [2.45, 2.75) is 70.6 Å². The number of likely N-dealkylation sites (tertiary alicyclic amines) is 1. The molecule has 1 aliphatic carbocycles. The summed E-state index contributed by atoms with van der Waals surface area (Å²) in [7, 11) is 0. The average molecular weight is 463 g/mol. The van der Waals surface area contributed by atoms with Crippen LogP contribution in [0.3, 0.4) is 0 Å². The van der Waals surface area contributed by atoms with E-state index >= 15 is 0 Å². The minimum Gasteiger partial charge on any atom is -0.435 e. The van der Waals surface area contributed by atoms with Crippen LogP contribution >= 0.6 is 34.8 Å². The van der Waals surface area contributed by atoms with E-state index in [0.717, 1.165) is 19.3 Å². The van der Waals surface area contributed by atoms with Gasteiger partial charge >= 0.3 is 6.16 Å². The van der Waals surface area contributed by atoms with Crippen molar-refractivity contribution in [3.63, 3.8) is 0 Å². The van der Waals surface area contributed by atoms with Crippen LogP contribution in [0, 0.1) is 5.92 Å². The number of hydrogen-bond donors (Lipinski definition) is 0. The zero-order valence-electron chi connectivity index (χ0n) is 16.5. The molecule has 29 heavy (non-hydrogen) atoms. The zero-order chi connectivity index (χ0) is 21.0. The van der Waals surface area contributed by atoms with E-state index in [0.29, 0.717) is 33.0 Å². The molecule has 1 saturated heterocycles. The summed E-state index contributed by atoms with van der Waals surface area (Å²) >= 11 is 18.6. The SMILES string of the molecule is CCOC(=O)OC1CCC(C2CCCCC2)N1C(=O)Cc1c(Cl)cc(Cl)cc1Cl. The highest BCUT2D eigenvalue weighted by Gasteiger charge is 2.43. The molecule has 1 heterocycles. The summed E-state index contributed by atoms with van der Waals surface area (Å²) in [5, 5.41) is 1.13.